The fourth-order valence-corrected chi connectivity index (χ4v) is 1.85. The molecule has 0 aliphatic carbocycles. The highest BCUT2D eigenvalue weighted by atomic mass is 16.5. The molecule has 0 N–H and O–H groups in total. The second-order valence-electron chi connectivity index (χ2n) is 4.48. The Hall–Kier alpha value is -2.50. The Balaban J connectivity index is 2.13. The van der Waals surface area contributed by atoms with Gasteiger partial charge in [-0.1, -0.05) is 5.16 Å². The van der Waals surface area contributed by atoms with Gasteiger partial charge >= 0.3 is 5.97 Å². The molecule has 21 heavy (non-hydrogen) atoms. The van der Waals surface area contributed by atoms with Gasteiger partial charge in [-0.2, -0.15) is 0 Å². The average Bonchev–Trinajstić information content (AvgIpc) is 2.83. The van der Waals surface area contributed by atoms with Gasteiger partial charge in [-0.15, -0.1) is 0 Å². The van der Waals surface area contributed by atoms with Crippen LogP contribution in [0.25, 0.3) is 0 Å². The van der Waals surface area contributed by atoms with E-state index in [1.165, 1.54) is 14.2 Å². The molecule has 2 rings (SSSR count). The molecule has 0 amide bonds. The molecule has 1 aromatic heterocycles. The molecule has 6 heteroatoms. The number of rotatable bonds is 5. The molecule has 1 aromatic carbocycles. The molecule has 112 valence electrons. The van der Waals surface area contributed by atoms with Gasteiger partial charge in [-0.3, -0.25) is 0 Å². The van der Waals surface area contributed by atoms with Gasteiger partial charge in [0.2, 0.25) is 0 Å². The van der Waals surface area contributed by atoms with Crippen LogP contribution in [0, 0.1) is 13.8 Å². The lowest BCUT2D eigenvalue weighted by atomic mass is 10.2. The van der Waals surface area contributed by atoms with Gasteiger partial charge in [0.25, 0.3) is 0 Å². The van der Waals surface area contributed by atoms with Crippen LogP contribution >= 0.6 is 0 Å². The number of esters is 1. The second-order valence-corrected chi connectivity index (χ2v) is 4.48. The summed E-state index contributed by atoms with van der Waals surface area (Å²) in [6, 6.07) is 4.88. The second kappa shape index (κ2) is 6.30. The molecule has 1 heterocycles. The van der Waals surface area contributed by atoms with Crippen LogP contribution in [0.1, 0.15) is 27.4 Å². The van der Waals surface area contributed by atoms with Crippen LogP contribution in [0.3, 0.4) is 0 Å². The van der Waals surface area contributed by atoms with Gasteiger partial charge in [0, 0.05) is 6.07 Å². The van der Waals surface area contributed by atoms with Crippen molar-refractivity contribution in [3.63, 3.8) is 0 Å². The zero-order valence-corrected chi connectivity index (χ0v) is 12.4. The maximum absolute atomic E-state index is 12.1. The first-order chi connectivity index (χ1) is 10.0. The van der Waals surface area contributed by atoms with Crippen LogP contribution < -0.4 is 9.47 Å². The first kappa shape index (κ1) is 14.9. The molecule has 6 nitrogen and oxygen atoms in total. The number of aromatic nitrogens is 1. The molecule has 0 bridgehead atoms. The third-order valence-corrected chi connectivity index (χ3v) is 3.12. The zero-order valence-electron chi connectivity index (χ0n) is 12.4. The summed E-state index contributed by atoms with van der Waals surface area (Å²) in [6.07, 6.45) is 0. The molecule has 0 unspecified atom stereocenters. The molecule has 0 aliphatic rings. The summed E-state index contributed by atoms with van der Waals surface area (Å²) in [4.78, 5) is 12.1. The van der Waals surface area contributed by atoms with E-state index in [2.05, 4.69) is 5.16 Å². The smallest absolute Gasteiger partial charge is 0.338 e. The number of hydrogen-bond donors (Lipinski definition) is 0. The molecule has 0 fully saturated rings. The number of ether oxygens (including phenoxy) is 3. The van der Waals surface area contributed by atoms with Crippen molar-refractivity contribution < 1.29 is 23.5 Å². The molecule has 0 spiro atoms. The molecule has 0 radical (unpaired) electrons. The number of nitrogens with zero attached hydrogens (tertiary/aromatic N) is 1. The first-order valence-electron chi connectivity index (χ1n) is 6.37. The lowest BCUT2D eigenvalue weighted by Gasteiger charge is -2.08. The van der Waals surface area contributed by atoms with Crippen molar-refractivity contribution >= 4 is 5.97 Å². The largest absolute Gasteiger partial charge is 0.497 e. The Morgan fingerprint density at radius 3 is 2.24 bits per heavy atom. The number of benzene rings is 1. The van der Waals surface area contributed by atoms with E-state index < -0.39 is 5.97 Å². The van der Waals surface area contributed by atoms with Crippen molar-refractivity contribution in [1.82, 2.24) is 5.16 Å². The molecular formula is C15H17NO5. The maximum atomic E-state index is 12.1. The van der Waals surface area contributed by atoms with E-state index in [9.17, 15) is 4.79 Å². The van der Waals surface area contributed by atoms with Crippen molar-refractivity contribution in [2.45, 2.75) is 20.5 Å². The Morgan fingerprint density at radius 2 is 1.76 bits per heavy atom. The van der Waals surface area contributed by atoms with E-state index in [0.717, 1.165) is 5.56 Å². The van der Waals surface area contributed by atoms with E-state index in [1.807, 2.05) is 0 Å². The van der Waals surface area contributed by atoms with E-state index in [0.29, 0.717) is 28.5 Å². The van der Waals surface area contributed by atoms with Crippen LogP contribution in [0.4, 0.5) is 0 Å². The quantitative estimate of drug-likeness (QED) is 0.789. The predicted molar refractivity (Wildman–Crippen MR) is 74.6 cm³/mol. The van der Waals surface area contributed by atoms with Gasteiger partial charge in [-0.05, 0) is 26.0 Å². The number of aryl methyl sites for hydroxylation is 2. The molecular weight excluding hydrogens is 274 g/mol. The molecule has 2 aromatic rings. The van der Waals surface area contributed by atoms with Crippen molar-refractivity contribution in [1.29, 1.82) is 0 Å². The van der Waals surface area contributed by atoms with E-state index in [4.69, 9.17) is 18.7 Å². The SMILES string of the molecule is COc1cc(OC)cc(C(=O)OCc2c(C)noc2C)c1. The summed E-state index contributed by atoms with van der Waals surface area (Å²) in [5.41, 5.74) is 1.85. The van der Waals surface area contributed by atoms with Gasteiger partial charge in [0.1, 0.15) is 23.9 Å². The first-order valence-corrected chi connectivity index (χ1v) is 6.37. The van der Waals surface area contributed by atoms with Crippen LogP contribution in [0.2, 0.25) is 0 Å². The van der Waals surface area contributed by atoms with Crippen LogP contribution in [0.15, 0.2) is 22.7 Å². The molecule has 0 atom stereocenters. The summed E-state index contributed by atoms with van der Waals surface area (Å²) in [7, 11) is 3.04. The average molecular weight is 291 g/mol. The zero-order chi connectivity index (χ0) is 15.4. The lowest BCUT2D eigenvalue weighted by molar-refractivity contribution is 0.0470. The highest BCUT2D eigenvalue weighted by molar-refractivity contribution is 5.90. The van der Waals surface area contributed by atoms with Gasteiger partial charge in [0.05, 0.1) is 31.0 Å². The fraction of sp³-hybridized carbons (Fsp3) is 0.333. The monoisotopic (exact) mass is 291 g/mol. The van der Waals surface area contributed by atoms with Crippen LogP contribution in [0.5, 0.6) is 11.5 Å². The highest BCUT2D eigenvalue weighted by Crippen LogP contribution is 2.23. The number of carbonyl (C=O) groups is 1. The lowest BCUT2D eigenvalue weighted by Crippen LogP contribution is -2.07. The van der Waals surface area contributed by atoms with Crippen molar-refractivity contribution in [2.24, 2.45) is 0 Å². The van der Waals surface area contributed by atoms with Crippen molar-refractivity contribution in [2.75, 3.05) is 14.2 Å². The van der Waals surface area contributed by atoms with Crippen molar-refractivity contribution in [3.8, 4) is 11.5 Å². The summed E-state index contributed by atoms with van der Waals surface area (Å²) in [5.74, 6) is 1.23. The summed E-state index contributed by atoms with van der Waals surface area (Å²) in [6.45, 7) is 3.69. The normalized spacial score (nSPS) is 10.3. The Morgan fingerprint density at radius 1 is 1.14 bits per heavy atom. The minimum absolute atomic E-state index is 0.111. The van der Waals surface area contributed by atoms with Crippen LogP contribution in [-0.4, -0.2) is 25.3 Å². The number of carbonyl (C=O) groups excluding carboxylic acids is 1. The minimum Gasteiger partial charge on any atom is -0.497 e. The standard InChI is InChI=1S/C15H17NO5/c1-9-14(10(2)21-16-9)8-20-15(17)11-5-12(18-3)7-13(6-11)19-4/h5-7H,8H2,1-4H3. The molecule has 0 aliphatic heterocycles. The van der Waals surface area contributed by atoms with Gasteiger partial charge in [-0.25, -0.2) is 4.79 Å². The fourth-order valence-electron chi connectivity index (χ4n) is 1.85. The summed E-state index contributed by atoms with van der Waals surface area (Å²) in [5, 5.41) is 3.82. The number of methoxy groups -OCH3 is 2. The van der Waals surface area contributed by atoms with Crippen molar-refractivity contribution in [3.05, 3.63) is 40.8 Å². The number of hydrogen-bond acceptors (Lipinski definition) is 6. The Bertz CT molecular complexity index is 606. The predicted octanol–water partition coefficient (Wildman–Crippen LogP) is 2.67. The van der Waals surface area contributed by atoms with E-state index >= 15 is 0 Å². The topological polar surface area (TPSA) is 70.8 Å². The molecule has 0 saturated heterocycles. The third kappa shape index (κ3) is 3.34. The van der Waals surface area contributed by atoms with E-state index in [-0.39, 0.29) is 6.61 Å². The van der Waals surface area contributed by atoms with Crippen LogP contribution in [-0.2, 0) is 11.3 Å². The highest BCUT2D eigenvalue weighted by Gasteiger charge is 2.15. The molecule has 0 saturated carbocycles. The Labute approximate surface area is 122 Å². The van der Waals surface area contributed by atoms with E-state index in [1.54, 1.807) is 32.0 Å². The third-order valence-electron chi connectivity index (χ3n) is 3.12. The Kier molecular flexibility index (Phi) is 4.47. The minimum atomic E-state index is -0.466. The summed E-state index contributed by atoms with van der Waals surface area (Å²) >= 11 is 0. The van der Waals surface area contributed by atoms with Gasteiger partial charge < -0.3 is 18.7 Å². The summed E-state index contributed by atoms with van der Waals surface area (Å²) < 4.78 is 20.6. The van der Waals surface area contributed by atoms with Gasteiger partial charge in [0.15, 0.2) is 0 Å². The maximum Gasteiger partial charge on any atom is 0.338 e.